The van der Waals surface area contributed by atoms with Gasteiger partial charge in [-0.05, 0) is 34.5 Å². The van der Waals surface area contributed by atoms with Gasteiger partial charge in [-0.2, -0.15) is 5.10 Å². The van der Waals surface area contributed by atoms with Crippen LogP contribution in [0.2, 0.25) is 0 Å². The molecular formula is C12H17BrN4S. The van der Waals surface area contributed by atoms with Gasteiger partial charge in [-0.1, -0.05) is 6.92 Å². The first kappa shape index (κ1) is 13.7. The normalized spacial score (nSPS) is 12.9. The first-order valence-electron chi connectivity index (χ1n) is 5.86. The van der Waals surface area contributed by atoms with Crippen LogP contribution in [-0.4, -0.2) is 9.78 Å². The van der Waals surface area contributed by atoms with Crippen LogP contribution < -0.4 is 11.3 Å². The molecule has 3 N–H and O–H groups in total. The predicted octanol–water partition coefficient (Wildman–Crippen LogP) is 2.55. The number of nitrogens with one attached hydrogen (secondary N) is 1. The molecule has 2 aromatic rings. The summed E-state index contributed by atoms with van der Waals surface area (Å²) in [6.45, 7) is 2.10. The second kappa shape index (κ2) is 5.97. The first-order chi connectivity index (χ1) is 8.63. The van der Waals surface area contributed by atoms with Crippen LogP contribution in [0.25, 0.3) is 0 Å². The van der Waals surface area contributed by atoms with Crippen LogP contribution in [-0.2, 0) is 19.9 Å². The Hall–Kier alpha value is -0.690. The number of hydrogen-bond acceptors (Lipinski definition) is 4. The Balaban J connectivity index is 2.19. The number of aromatic nitrogens is 2. The van der Waals surface area contributed by atoms with Gasteiger partial charge in [-0.25, -0.2) is 0 Å². The second-order valence-corrected chi connectivity index (χ2v) is 6.10. The zero-order chi connectivity index (χ0) is 13.1. The quantitative estimate of drug-likeness (QED) is 0.655. The van der Waals surface area contributed by atoms with Crippen LogP contribution in [0.3, 0.4) is 0 Å². The Bertz CT molecular complexity index is 520. The maximum Gasteiger partial charge on any atom is 0.0677 e. The standard InChI is InChI=1S/C12H17BrN4S/c1-3-9-5-12(17(2)16-9)11(15-14)6-10-4-8(13)7-18-10/h4-5,7,11,15H,3,6,14H2,1-2H3. The van der Waals surface area contributed by atoms with Crippen LogP contribution in [0, 0.1) is 0 Å². The van der Waals surface area contributed by atoms with E-state index in [1.807, 2.05) is 11.7 Å². The molecule has 18 heavy (non-hydrogen) atoms. The molecular weight excluding hydrogens is 312 g/mol. The van der Waals surface area contributed by atoms with Crippen molar-refractivity contribution >= 4 is 27.3 Å². The zero-order valence-corrected chi connectivity index (χ0v) is 12.9. The summed E-state index contributed by atoms with van der Waals surface area (Å²) in [5.74, 6) is 5.68. The maximum absolute atomic E-state index is 5.68. The number of aryl methyl sites for hydroxylation is 2. The molecule has 2 aromatic heterocycles. The number of nitrogens with zero attached hydrogens (tertiary/aromatic N) is 2. The number of thiophene rings is 1. The van der Waals surface area contributed by atoms with E-state index < -0.39 is 0 Å². The fourth-order valence-corrected chi connectivity index (χ4v) is 3.45. The number of hydrazine groups is 1. The summed E-state index contributed by atoms with van der Waals surface area (Å²) < 4.78 is 3.03. The van der Waals surface area contributed by atoms with Gasteiger partial charge in [0.05, 0.1) is 17.4 Å². The fraction of sp³-hybridized carbons (Fsp3) is 0.417. The van der Waals surface area contributed by atoms with Gasteiger partial charge in [-0.15, -0.1) is 11.3 Å². The number of hydrogen-bond donors (Lipinski definition) is 2. The van der Waals surface area contributed by atoms with Crippen LogP contribution in [0.4, 0.5) is 0 Å². The van der Waals surface area contributed by atoms with E-state index in [-0.39, 0.29) is 6.04 Å². The van der Waals surface area contributed by atoms with Gasteiger partial charge in [0.1, 0.15) is 0 Å². The third kappa shape index (κ3) is 3.00. The molecule has 0 saturated heterocycles. The van der Waals surface area contributed by atoms with Gasteiger partial charge in [0.25, 0.3) is 0 Å². The summed E-state index contributed by atoms with van der Waals surface area (Å²) in [6, 6.07) is 4.34. The minimum absolute atomic E-state index is 0.0911. The smallest absolute Gasteiger partial charge is 0.0677 e. The molecule has 0 saturated carbocycles. The van der Waals surface area contributed by atoms with Gasteiger partial charge in [0, 0.05) is 28.2 Å². The van der Waals surface area contributed by atoms with E-state index in [0.29, 0.717) is 0 Å². The molecule has 0 aliphatic carbocycles. The summed E-state index contributed by atoms with van der Waals surface area (Å²) in [7, 11) is 1.96. The second-order valence-electron chi connectivity index (χ2n) is 4.19. The average Bonchev–Trinajstić information content (AvgIpc) is 2.92. The predicted molar refractivity (Wildman–Crippen MR) is 78.4 cm³/mol. The number of nitrogens with two attached hydrogens (primary N) is 1. The third-order valence-corrected chi connectivity index (χ3v) is 4.63. The van der Waals surface area contributed by atoms with Gasteiger partial charge in [-0.3, -0.25) is 16.0 Å². The molecule has 0 aromatic carbocycles. The molecule has 2 rings (SSSR count). The molecule has 1 atom stereocenters. The van der Waals surface area contributed by atoms with E-state index in [9.17, 15) is 0 Å². The number of rotatable bonds is 5. The van der Waals surface area contributed by atoms with Crippen molar-refractivity contribution < 1.29 is 0 Å². The van der Waals surface area contributed by atoms with Crippen molar-refractivity contribution in [2.24, 2.45) is 12.9 Å². The maximum atomic E-state index is 5.68. The molecule has 0 bridgehead atoms. The summed E-state index contributed by atoms with van der Waals surface area (Å²) in [5.41, 5.74) is 5.11. The molecule has 0 aliphatic heterocycles. The summed E-state index contributed by atoms with van der Waals surface area (Å²) in [5, 5.41) is 6.55. The highest BCUT2D eigenvalue weighted by atomic mass is 79.9. The van der Waals surface area contributed by atoms with Crippen LogP contribution in [0.5, 0.6) is 0 Å². The molecule has 98 valence electrons. The van der Waals surface area contributed by atoms with Crippen LogP contribution >= 0.6 is 27.3 Å². The van der Waals surface area contributed by atoms with Crippen molar-refractivity contribution in [1.82, 2.24) is 15.2 Å². The molecule has 1 unspecified atom stereocenters. The van der Waals surface area contributed by atoms with E-state index in [0.717, 1.165) is 28.7 Å². The van der Waals surface area contributed by atoms with E-state index in [4.69, 9.17) is 5.84 Å². The zero-order valence-electron chi connectivity index (χ0n) is 10.5. The van der Waals surface area contributed by atoms with Gasteiger partial charge in [0.2, 0.25) is 0 Å². The molecule has 0 aliphatic rings. The van der Waals surface area contributed by atoms with Crippen molar-refractivity contribution in [1.29, 1.82) is 0 Å². The highest BCUT2D eigenvalue weighted by molar-refractivity contribution is 9.10. The summed E-state index contributed by atoms with van der Waals surface area (Å²) >= 11 is 5.21. The lowest BCUT2D eigenvalue weighted by Crippen LogP contribution is -2.30. The van der Waals surface area contributed by atoms with Crippen molar-refractivity contribution in [2.45, 2.75) is 25.8 Å². The summed E-state index contributed by atoms with van der Waals surface area (Å²) in [6.07, 6.45) is 1.81. The third-order valence-electron chi connectivity index (χ3n) is 2.91. The highest BCUT2D eigenvalue weighted by Crippen LogP contribution is 2.25. The van der Waals surface area contributed by atoms with E-state index >= 15 is 0 Å². The Morgan fingerprint density at radius 2 is 2.33 bits per heavy atom. The van der Waals surface area contributed by atoms with Gasteiger partial charge >= 0.3 is 0 Å². The molecule has 0 fully saturated rings. The average molecular weight is 329 g/mol. The lowest BCUT2D eigenvalue weighted by Gasteiger charge is -2.15. The molecule has 0 radical (unpaired) electrons. The van der Waals surface area contributed by atoms with E-state index in [2.05, 4.69) is 50.9 Å². The van der Waals surface area contributed by atoms with Crippen LogP contribution in [0.1, 0.15) is 29.2 Å². The molecule has 2 heterocycles. The molecule has 0 amide bonds. The first-order valence-corrected chi connectivity index (χ1v) is 7.53. The molecule has 0 spiro atoms. The minimum atomic E-state index is 0.0911. The van der Waals surface area contributed by atoms with Crippen molar-refractivity contribution in [2.75, 3.05) is 0 Å². The Morgan fingerprint density at radius 1 is 1.56 bits per heavy atom. The minimum Gasteiger partial charge on any atom is -0.271 e. The van der Waals surface area contributed by atoms with Gasteiger partial charge in [0.15, 0.2) is 0 Å². The van der Waals surface area contributed by atoms with Crippen molar-refractivity contribution in [3.8, 4) is 0 Å². The lowest BCUT2D eigenvalue weighted by atomic mass is 10.1. The fourth-order valence-electron chi connectivity index (χ4n) is 1.95. The SMILES string of the molecule is CCc1cc(C(Cc2cc(Br)cs2)NN)n(C)n1. The number of halogens is 1. The summed E-state index contributed by atoms with van der Waals surface area (Å²) in [4.78, 5) is 1.30. The van der Waals surface area contributed by atoms with E-state index in [1.54, 1.807) is 11.3 Å². The molecule has 6 heteroatoms. The Kier molecular flexibility index (Phi) is 4.55. The molecule has 4 nitrogen and oxygen atoms in total. The lowest BCUT2D eigenvalue weighted by molar-refractivity contribution is 0.511. The van der Waals surface area contributed by atoms with Gasteiger partial charge < -0.3 is 0 Å². The Morgan fingerprint density at radius 3 is 2.83 bits per heavy atom. The van der Waals surface area contributed by atoms with E-state index in [1.165, 1.54) is 4.88 Å². The highest BCUT2D eigenvalue weighted by Gasteiger charge is 2.16. The Labute approximate surface area is 119 Å². The van der Waals surface area contributed by atoms with Crippen LogP contribution in [0.15, 0.2) is 22.0 Å². The monoisotopic (exact) mass is 328 g/mol. The topological polar surface area (TPSA) is 55.9 Å². The van der Waals surface area contributed by atoms with Crippen molar-refractivity contribution in [3.05, 3.63) is 38.3 Å². The van der Waals surface area contributed by atoms with Crippen molar-refractivity contribution in [3.63, 3.8) is 0 Å². The largest absolute Gasteiger partial charge is 0.271 e.